The van der Waals surface area contributed by atoms with Gasteiger partial charge in [-0.25, -0.2) is 0 Å². The molecule has 0 spiro atoms. The first-order valence-electron chi connectivity index (χ1n) is 10.2. The Bertz CT molecular complexity index is 946. The van der Waals surface area contributed by atoms with Gasteiger partial charge in [-0.3, -0.25) is 9.78 Å². The molecule has 1 aromatic carbocycles. The molecule has 1 aliphatic heterocycles. The number of aromatic nitrogens is 4. The van der Waals surface area contributed by atoms with Gasteiger partial charge in [-0.1, -0.05) is 18.2 Å². The lowest BCUT2D eigenvalue weighted by atomic mass is 10.0. The third kappa shape index (κ3) is 4.72. The van der Waals surface area contributed by atoms with Gasteiger partial charge in [0.25, 0.3) is 5.91 Å². The van der Waals surface area contributed by atoms with Crippen LogP contribution >= 0.6 is 0 Å². The van der Waals surface area contributed by atoms with Crippen LogP contribution in [0.4, 0.5) is 5.69 Å². The van der Waals surface area contributed by atoms with E-state index in [4.69, 9.17) is 0 Å². The van der Waals surface area contributed by atoms with E-state index in [-0.39, 0.29) is 11.9 Å². The number of aliphatic hydroxyl groups is 1. The van der Waals surface area contributed by atoms with Crippen molar-refractivity contribution < 1.29 is 9.90 Å². The molecule has 0 bridgehead atoms. The minimum absolute atomic E-state index is 0.0372. The monoisotopic (exact) mass is 406 g/mol. The molecule has 1 fully saturated rings. The highest BCUT2D eigenvalue weighted by atomic mass is 16.3. The van der Waals surface area contributed by atoms with Crippen molar-refractivity contribution in [1.82, 2.24) is 25.3 Å². The molecule has 1 saturated heterocycles. The van der Waals surface area contributed by atoms with Crippen LogP contribution < -0.4 is 10.6 Å². The van der Waals surface area contributed by atoms with E-state index in [0.29, 0.717) is 6.04 Å². The molecule has 0 unspecified atom stereocenters. The minimum Gasteiger partial charge on any atom is -0.387 e. The number of benzene rings is 1. The number of pyridine rings is 1. The first kappa shape index (κ1) is 20.2. The molecule has 30 heavy (non-hydrogen) atoms. The second kappa shape index (κ2) is 9.15. The topological polar surface area (TPSA) is 105 Å². The Morgan fingerprint density at radius 3 is 2.67 bits per heavy atom. The smallest absolute Gasteiger partial charge is 0.250 e. The maximum absolute atomic E-state index is 12.3. The molecular formula is C22H26N6O2. The van der Waals surface area contributed by atoms with E-state index in [1.54, 1.807) is 31.7 Å². The summed E-state index contributed by atoms with van der Waals surface area (Å²) in [5.74, 6) is -0.163. The van der Waals surface area contributed by atoms with Gasteiger partial charge in [0, 0.05) is 35.7 Å². The van der Waals surface area contributed by atoms with Crippen molar-refractivity contribution in [3.63, 3.8) is 0 Å². The molecule has 156 valence electrons. The fraction of sp³-hybridized carbons (Fsp3) is 0.364. The predicted molar refractivity (Wildman–Crippen MR) is 113 cm³/mol. The second-order valence-electron chi connectivity index (χ2n) is 7.69. The molecule has 1 aliphatic rings. The summed E-state index contributed by atoms with van der Waals surface area (Å²) in [7, 11) is 0. The summed E-state index contributed by atoms with van der Waals surface area (Å²) >= 11 is 0. The Balaban J connectivity index is 1.29. The number of nitrogens with zero attached hydrogens (tertiary/aromatic N) is 4. The number of aliphatic hydroxyl groups excluding tert-OH is 1. The predicted octanol–water partition coefficient (Wildman–Crippen LogP) is 2.27. The lowest BCUT2D eigenvalue weighted by Crippen LogP contribution is -2.35. The second-order valence-corrected chi connectivity index (χ2v) is 7.69. The van der Waals surface area contributed by atoms with Crippen molar-refractivity contribution in [2.75, 3.05) is 5.32 Å². The van der Waals surface area contributed by atoms with Crippen LogP contribution in [0.1, 0.15) is 43.0 Å². The molecule has 0 aliphatic carbocycles. The minimum atomic E-state index is -0.549. The molecule has 3 N–H and O–H groups in total. The fourth-order valence-corrected chi connectivity index (χ4v) is 3.83. The van der Waals surface area contributed by atoms with Crippen LogP contribution in [0.5, 0.6) is 0 Å². The SMILES string of the molecule is C[C@@H](C(=O)Nc1ccc(C[C@H]2CC[C@H]([C@H](O)c3cccnc3)N2)cc1)n1nccn1. The summed E-state index contributed by atoms with van der Waals surface area (Å²) < 4.78 is 0. The van der Waals surface area contributed by atoms with Crippen molar-refractivity contribution in [1.29, 1.82) is 0 Å². The Kier molecular flexibility index (Phi) is 6.15. The van der Waals surface area contributed by atoms with Gasteiger partial charge in [0.2, 0.25) is 0 Å². The number of rotatable bonds is 7. The van der Waals surface area contributed by atoms with Gasteiger partial charge in [-0.2, -0.15) is 15.0 Å². The largest absolute Gasteiger partial charge is 0.387 e. The average Bonchev–Trinajstić information content (AvgIpc) is 3.47. The third-order valence-electron chi connectivity index (χ3n) is 5.55. The number of hydrogen-bond acceptors (Lipinski definition) is 6. The summed E-state index contributed by atoms with van der Waals surface area (Å²) in [6.45, 7) is 1.76. The summed E-state index contributed by atoms with van der Waals surface area (Å²) in [6, 6.07) is 11.5. The van der Waals surface area contributed by atoms with Gasteiger partial charge in [0.05, 0.1) is 18.5 Å². The molecule has 8 heteroatoms. The van der Waals surface area contributed by atoms with Crippen LogP contribution in [0.25, 0.3) is 0 Å². The van der Waals surface area contributed by atoms with E-state index in [9.17, 15) is 9.90 Å². The highest BCUT2D eigenvalue weighted by molar-refractivity contribution is 5.93. The number of anilines is 1. The first-order valence-corrected chi connectivity index (χ1v) is 10.2. The normalized spacial score (nSPS) is 20.6. The maximum Gasteiger partial charge on any atom is 0.250 e. The molecule has 1 amide bonds. The van der Waals surface area contributed by atoms with Crippen LogP contribution in [0.3, 0.4) is 0 Å². The fourth-order valence-electron chi connectivity index (χ4n) is 3.83. The van der Waals surface area contributed by atoms with Gasteiger partial charge in [-0.05, 0) is 49.9 Å². The Morgan fingerprint density at radius 2 is 1.97 bits per heavy atom. The van der Waals surface area contributed by atoms with E-state index < -0.39 is 12.1 Å². The Hall–Kier alpha value is -3.10. The summed E-state index contributed by atoms with van der Waals surface area (Å²) in [5.41, 5.74) is 2.77. The van der Waals surface area contributed by atoms with Gasteiger partial charge in [-0.15, -0.1) is 0 Å². The van der Waals surface area contributed by atoms with Crippen molar-refractivity contribution in [2.45, 2.75) is 50.4 Å². The highest BCUT2D eigenvalue weighted by Crippen LogP contribution is 2.26. The van der Waals surface area contributed by atoms with Gasteiger partial charge >= 0.3 is 0 Å². The van der Waals surface area contributed by atoms with Crippen LogP contribution in [0.15, 0.2) is 61.2 Å². The summed E-state index contributed by atoms with van der Waals surface area (Å²) in [4.78, 5) is 17.8. The van der Waals surface area contributed by atoms with Crippen molar-refractivity contribution in [2.24, 2.45) is 0 Å². The van der Waals surface area contributed by atoms with Crippen molar-refractivity contribution in [3.05, 3.63) is 72.3 Å². The van der Waals surface area contributed by atoms with Crippen LogP contribution in [-0.2, 0) is 11.2 Å². The van der Waals surface area contributed by atoms with E-state index >= 15 is 0 Å². The molecule has 2 aromatic heterocycles. The highest BCUT2D eigenvalue weighted by Gasteiger charge is 2.30. The molecule has 3 aromatic rings. The average molecular weight is 406 g/mol. The van der Waals surface area contributed by atoms with Gasteiger partial charge < -0.3 is 15.7 Å². The number of hydrogen-bond donors (Lipinski definition) is 3. The Labute approximate surface area is 175 Å². The number of amides is 1. The lowest BCUT2D eigenvalue weighted by Gasteiger charge is -2.20. The van der Waals surface area contributed by atoms with Crippen molar-refractivity contribution >= 4 is 11.6 Å². The number of carbonyl (C=O) groups is 1. The zero-order valence-electron chi connectivity index (χ0n) is 16.8. The van der Waals surface area contributed by atoms with Crippen LogP contribution in [-0.4, -0.2) is 43.1 Å². The standard InChI is InChI=1S/C22H26N6O2/c1-15(28-24-11-12-25-28)22(30)27-18-6-4-16(5-7-18)13-19-8-9-20(26-19)21(29)17-3-2-10-23-14-17/h2-7,10-12,14-15,19-21,26,29H,8-9,13H2,1H3,(H,27,30)/t15-,19+,20+,21+/m0/s1. The Morgan fingerprint density at radius 1 is 1.20 bits per heavy atom. The first-order chi connectivity index (χ1) is 14.6. The van der Waals surface area contributed by atoms with E-state index in [0.717, 1.165) is 30.5 Å². The maximum atomic E-state index is 12.3. The zero-order valence-corrected chi connectivity index (χ0v) is 16.8. The quantitative estimate of drug-likeness (QED) is 0.556. The van der Waals surface area contributed by atoms with Gasteiger partial charge in [0.15, 0.2) is 0 Å². The molecule has 3 heterocycles. The molecular weight excluding hydrogens is 380 g/mol. The zero-order chi connectivity index (χ0) is 20.9. The van der Waals surface area contributed by atoms with E-state index in [1.807, 2.05) is 36.4 Å². The molecule has 4 atom stereocenters. The third-order valence-corrected chi connectivity index (χ3v) is 5.55. The molecule has 0 radical (unpaired) electrons. The van der Waals surface area contributed by atoms with Gasteiger partial charge in [0.1, 0.15) is 6.04 Å². The molecule has 4 rings (SSSR count). The summed E-state index contributed by atoms with van der Waals surface area (Å²) in [6.07, 6.45) is 8.79. The molecule has 0 saturated carbocycles. The van der Waals surface area contributed by atoms with Crippen molar-refractivity contribution in [3.8, 4) is 0 Å². The number of nitrogens with one attached hydrogen (secondary N) is 2. The van der Waals surface area contributed by atoms with E-state index in [1.165, 1.54) is 10.4 Å². The van der Waals surface area contributed by atoms with Crippen LogP contribution in [0, 0.1) is 0 Å². The molecule has 8 nitrogen and oxygen atoms in total. The summed E-state index contributed by atoms with van der Waals surface area (Å²) in [5, 5.41) is 25.0. The van der Waals surface area contributed by atoms with Crippen LogP contribution in [0.2, 0.25) is 0 Å². The lowest BCUT2D eigenvalue weighted by molar-refractivity contribution is -0.119. The number of carbonyl (C=O) groups excluding carboxylic acids is 1. The van der Waals surface area contributed by atoms with E-state index in [2.05, 4.69) is 25.8 Å².